The van der Waals surface area contributed by atoms with Gasteiger partial charge in [-0.25, -0.2) is 4.79 Å². The van der Waals surface area contributed by atoms with E-state index in [0.717, 1.165) is 0 Å². The minimum atomic E-state index is -1.75. The molecule has 36 heavy (non-hydrogen) atoms. The molecule has 1 aliphatic heterocycles. The molecular formula is C19H23N9O8. The van der Waals surface area contributed by atoms with Crippen molar-refractivity contribution in [3.8, 4) is 0 Å². The van der Waals surface area contributed by atoms with Crippen LogP contribution in [-0.2, 0) is 14.2 Å². The number of carbonyl (C=O) groups excluding carboxylic acids is 1. The maximum atomic E-state index is 12.6. The van der Waals surface area contributed by atoms with Crippen molar-refractivity contribution in [2.45, 2.75) is 67.5 Å². The Kier molecular flexibility index (Phi) is 9.27. The molecule has 192 valence electrons. The van der Waals surface area contributed by atoms with Crippen LogP contribution in [0.3, 0.4) is 0 Å². The fourth-order valence-electron chi connectivity index (χ4n) is 4.11. The fourth-order valence-corrected chi connectivity index (χ4v) is 4.11. The van der Waals surface area contributed by atoms with Crippen LogP contribution in [-0.4, -0.2) is 94.0 Å². The van der Waals surface area contributed by atoms with Crippen LogP contribution in [0.5, 0.6) is 0 Å². The number of nitrogens with zero attached hydrogens (tertiary/aromatic N) is 9. The molecule has 17 heteroatoms. The Morgan fingerprint density at radius 2 is 1.58 bits per heavy atom. The second-order valence-corrected chi connectivity index (χ2v) is 8.01. The van der Waals surface area contributed by atoms with Gasteiger partial charge in [0.25, 0.3) is 0 Å². The Morgan fingerprint density at radius 1 is 0.944 bits per heavy atom. The van der Waals surface area contributed by atoms with Crippen molar-refractivity contribution in [1.29, 1.82) is 0 Å². The maximum Gasteiger partial charge on any atom is 0.338 e. The van der Waals surface area contributed by atoms with E-state index in [0.29, 0.717) is 0 Å². The summed E-state index contributed by atoms with van der Waals surface area (Å²) >= 11 is 0. The van der Waals surface area contributed by atoms with Crippen LogP contribution in [0.15, 0.2) is 45.7 Å². The molecule has 0 spiro atoms. The number of benzene rings is 1. The van der Waals surface area contributed by atoms with E-state index in [-0.39, 0.29) is 12.0 Å². The minimum absolute atomic E-state index is 0.132. The normalized spacial score (nSPS) is 35.9. The molecule has 2 fully saturated rings. The number of carbonyl (C=O) groups is 1. The molecule has 0 aromatic heterocycles. The first-order valence-electron chi connectivity index (χ1n) is 10.7. The Labute approximate surface area is 202 Å². The highest BCUT2D eigenvalue weighted by Crippen LogP contribution is 2.33. The number of ether oxygens (including phenoxy) is 3. The molecule has 0 amide bonds. The molecule has 17 nitrogen and oxygen atoms in total. The monoisotopic (exact) mass is 505 g/mol. The van der Waals surface area contributed by atoms with Gasteiger partial charge in [0.1, 0.15) is 30.5 Å². The number of esters is 1. The second kappa shape index (κ2) is 12.4. The van der Waals surface area contributed by atoms with Crippen molar-refractivity contribution in [2.75, 3.05) is 6.61 Å². The van der Waals surface area contributed by atoms with Gasteiger partial charge >= 0.3 is 5.97 Å². The first-order valence-corrected chi connectivity index (χ1v) is 10.7. The molecule has 1 heterocycles. The van der Waals surface area contributed by atoms with Gasteiger partial charge in [0, 0.05) is 14.7 Å². The number of hydrogen-bond acceptors (Lipinski definition) is 11. The van der Waals surface area contributed by atoms with E-state index in [1.807, 2.05) is 0 Å². The van der Waals surface area contributed by atoms with Gasteiger partial charge in [0.15, 0.2) is 6.29 Å². The van der Waals surface area contributed by atoms with E-state index in [9.17, 15) is 25.2 Å². The number of rotatable bonds is 8. The van der Waals surface area contributed by atoms with Gasteiger partial charge in [-0.2, -0.15) is 0 Å². The summed E-state index contributed by atoms with van der Waals surface area (Å²) in [4.78, 5) is 20.6. The van der Waals surface area contributed by atoms with Crippen LogP contribution in [0.1, 0.15) is 16.8 Å². The molecule has 0 radical (unpaired) electrons. The number of aliphatic hydroxyl groups excluding tert-OH is 4. The van der Waals surface area contributed by atoms with Gasteiger partial charge in [-0.1, -0.05) is 33.5 Å². The third-order valence-electron chi connectivity index (χ3n) is 5.89. The summed E-state index contributed by atoms with van der Waals surface area (Å²) in [7, 11) is 0. The maximum absolute atomic E-state index is 12.6. The molecule has 3 rings (SSSR count). The molecule has 1 saturated carbocycles. The van der Waals surface area contributed by atoms with Gasteiger partial charge in [0.05, 0.1) is 36.5 Å². The zero-order valence-corrected chi connectivity index (χ0v) is 18.5. The minimum Gasteiger partial charge on any atom is -0.455 e. The molecule has 2 aliphatic rings. The first kappa shape index (κ1) is 27.0. The summed E-state index contributed by atoms with van der Waals surface area (Å²) in [5.74, 6) is -0.868. The molecule has 1 saturated heterocycles. The molecule has 1 aliphatic carbocycles. The Balaban J connectivity index is 1.92. The lowest BCUT2D eigenvalue weighted by molar-refractivity contribution is -0.293. The molecule has 1 aromatic carbocycles. The topological polar surface area (TPSA) is 272 Å². The third-order valence-corrected chi connectivity index (χ3v) is 5.89. The highest BCUT2D eigenvalue weighted by atomic mass is 16.7. The Hall–Kier alpha value is -3.62. The summed E-state index contributed by atoms with van der Waals surface area (Å²) in [6.07, 6.45) is -11.2. The van der Waals surface area contributed by atoms with Crippen LogP contribution in [0.2, 0.25) is 0 Å². The largest absolute Gasteiger partial charge is 0.455 e. The lowest BCUT2D eigenvalue weighted by atomic mass is 9.84. The Bertz CT molecular complexity index is 1060. The summed E-state index contributed by atoms with van der Waals surface area (Å²) in [6, 6.07) is 3.93. The molecular weight excluding hydrogens is 482 g/mol. The lowest BCUT2D eigenvalue weighted by Crippen LogP contribution is -2.63. The predicted molar refractivity (Wildman–Crippen MR) is 118 cm³/mol. The smallest absolute Gasteiger partial charge is 0.338 e. The van der Waals surface area contributed by atoms with Crippen molar-refractivity contribution in [3.63, 3.8) is 0 Å². The van der Waals surface area contributed by atoms with E-state index in [4.69, 9.17) is 30.8 Å². The second-order valence-electron chi connectivity index (χ2n) is 8.01. The standard InChI is InChI=1S/C19H23N9O8/c20-26-23-9-6-10(24-27-21)16(15(32)13(9)30)36-19-12(25-28-22)17(14(31)11(7-29)34-19)35-18(33)8-4-2-1-3-5-8/h1-5,9-17,19,29-32H,6-7H2/t9-,10?,11?,12?,13?,14+,15-,16+,17-,19+/m1/s1. The predicted octanol–water partition coefficient (Wildman–Crippen LogP) is 0.838. The number of azide groups is 3. The van der Waals surface area contributed by atoms with Crippen molar-refractivity contribution >= 4 is 5.97 Å². The summed E-state index contributed by atoms with van der Waals surface area (Å²) in [5, 5.41) is 51.8. The third kappa shape index (κ3) is 5.78. The summed E-state index contributed by atoms with van der Waals surface area (Å²) in [5.41, 5.74) is 26.9. The fraction of sp³-hybridized carbons (Fsp3) is 0.632. The van der Waals surface area contributed by atoms with Crippen LogP contribution >= 0.6 is 0 Å². The van der Waals surface area contributed by atoms with Gasteiger partial charge in [-0.15, -0.1) is 0 Å². The van der Waals surface area contributed by atoms with Gasteiger partial charge < -0.3 is 34.6 Å². The summed E-state index contributed by atoms with van der Waals surface area (Å²) in [6.45, 7) is -0.752. The summed E-state index contributed by atoms with van der Waals surface area (Å²) < 4.78 is 16.7. The number of aliphatic hydroxyl groups is 4. The van der Waals surface area contributed by atoms with Crippen LogP contribution in [0.25, 0.3) is 31.3 Å². The van der Waals surface area contributed by atoms with E-state index in [1.54, 1.807) is 18.2 Å². The molecule has 0 bridgehead atoms. The first-order chi connectivity index (χ1) is 17.4. The van der Waals surface area contributed by atoms with Gasteiger partial charge in [0.2, 0.25) is 0 Å². The molecule has 1 aromatic rings. The van der Waals surface area contributed by atoms with Crippen LogP contribution < -0.4 is 0 Å². The highest BCUT2D eigenvalue weighted by molar-refractivity contribution is 5.89. The van der Waals surface area contributed by atoms with E-state index < -0.39 is 73.6 Å². The zero-order valence-electron chi connectivity index (χ0n) is 18.5. The highest BCUT2D eigenvalue weighted by Gasteiger charge is 2.51. The zero-order chi connectivity index (χ0) is 26.2. The van der Waals surface area contributed by atoms with Crippen LogP contribution in [0, 0.1) is 0 Å². The Morgan fingerprint density at radius 3 is 2.19 bits per heavy atom. The molecule has 4 N–H and O–H groups in total. The van der Waals surface area contributed by atoms with Gasteiger partial charge in [-0.3, -0.25) is 0 Å². The number of hydrogen-bond donors (Lipinski definition) is 4. The lowest BCUT2D eigenvalue weighted by Gasteiger charge is -2.46. The average molecular weight is 505 g/mol. The van der Waals surface area contributed by atoms with Gasteiger partial charge in [-0.05, 0) is 35.1 Å². The quantitative estimate of drug-likeness (QED) is 0.169. The van der Waals surface area contributed by atoms with Crippen molar-refractivity contribution in [1.82, 2.24) is 0 Å². The van der Waals surface area contributed by atoms with Crippen molar-refractivity contribution in [3.05, 3.63) is 67.2 Å². The molecule has 4 unspecified atom stereocenters. The van der Waals surface area contributed by atoms with Crippen LogP contribution in [0.4, 0.5) is 0 Å². The van der Waals surface area contributed by atoms with E-state index in [2.05, 4.69) is 30.1 Å². The molecule has 10 atom stereocenters. The van der Waals surface area contributed by atoms with E-state index >= 15 is 0 Å². The van der Waals surface area contributed by atoms with E-state index in [1.165, 1.54) is 12.1 Å². The SMILES string of the molecule is [N-]=[N+]=NC1[C@H](O[C@H]2C(N=[N+]=[N-])C[C@@H](N=[N+]=[N-])C(O)[C@H]2O)OC(CO)[C@H](O)[C@@H]1OC(=O)c1ccccc1. The van der Waals surface area contributed by atoms with Crippen molar-refractivity contribution < 1.29 is 39.4 Å². The average Bonchev–Trinajstić information content (AvgIpc) is 2.88. The van der Waals surface area contributed by atoms with Crippen molar-refractivity contribution in [2.24, 2.45) is 15.3 Å².